The van der Waals surface area contributed by atoms with Crippen LogP contribution in [0.1, 0.15) is 28.6 Å². The molecule has 3 N–H and O–H groups in total. The van der Waals surface area contributed by atoms with Crippen molar-refractivity contribution in [2.45, 2.75) is 13.3 Å². The molecule has 27 heavy (non-hydrogen) atoms. The number of amides is 2. The van der Waals surface area contributed by atoms with Crippen molar-refractivity contribution in [3.05, 3.63) is 62.3 Å². The van der Waals surface area contributed by atoms with Crippen LogP contribution < -0.4 is 11.2 Å². The van der Waals surface area contributed by atoms with Gasteiger partial charge in [0.25, 0.3) is 0 Å². The Hall–Kier alpha value is -2.64. The lowest BCUT2D eigenvalue weighted by molar-refractivity contribution is 0.112. The summed E-state index contributed by atoms with van der Waals surface area (Å²) >= 11 is 7.31. The minimum atomic E-state index is -0.223. The zero-order valence-electron chi connectivity index (χ0n) is 14.7. The molecule has 0 saturated heterocycles. The van der Waals surface area contributed by atoms with Gasteiger partial charge in [0.05, 0.1) is 10.6 Å². The summed E-state index contributed by atoms with van der Waals surface area (Å²) in [6, 6.07) is 8.60. The first-order chi connectivity index (χ1) is 13.0. The van der Waals surface area contributed by atoms with E-state index in [1.165, 1.54) is 11.3 Å². The number of carbonyl (C=O) groups is 2. The van der Waals surface area contributed by atoms with E-state index in [4.69, 9.17) is 17.4 Å². The summed E-state index contributed by atoms with van der Waals surface area (Å²) in [5.41, 5.74) is 3.86. The van der Waals surface area contributed by atoms with Crippen molar-refractivity contribution in [2.75, 3.05) is 18.4 Å². The summed E-state index contributed by atoms with van der Waals surface area (Å²) < 4.78 is 0. The number of urea groups is 1. The van der Waals surface area contributed by atoms with Gasteiger partial charge in [0.15, 0.2) is 6.29 Å². The van der Waals surface area contributed by atoms with Crippen LogP contribution in [0.5, 0.6) is 0 Å². The fraction of sp³-hybridized carbons (Fsp3) is 0.211. The highest BCUT2D eigenvalue weighted by Crippen LogP contribution is 2.26. The molecule has 0 saturated carbocycles. The Morgan fingerprint density at radius 3 is 2.93 bits per heavy atom. The normalized spacial score (nSPS) is 15.0. The number of nitrogens with zero attached hydrogens (tertiary/aromatic N) is 2. The number of hydrogen-bond acceptors (Lipinski definition) is 5. The molecule has 6 nitrogen and oxygen atoms in total. The number of hydrazone groups is 1. The highest BCUT2D eigenvalue weighted by atomic mass is 35.5. The summed E-state index contributed by atoms with van der Waals surface area (Å²) in [7, 11) is 0. The topological polar surface area (TPSA) is 87.8 Å². The molecule has 0 spiro atoms. The first-order valence-corrected chi connectivity index (χ1v) is 9.60. The van der Waals surface area contributed by atoms with Gasteiger partial charge in [-0.3, -0.25) is 4.79 Å². The molecule has 8 heteroatoms. The number of benzene rings is 1. The summed E-state index contributed by atoms with van der Waals surface area (Å²) in [4.78, 5) is 26.2. The van der Waals surface area contributed by atoms with Crippen molar-refractivity contribution in [1.29, 1.82) is 0 Å². The minimum Gasteiger partial charge on any atom is -0.323 e. The van der Waals surface area contributed by atoms with Gasteiger partial charge in [0, 0.05) is 29.4 Å². The van der Waals surface area contributed by atoms with Gasteiger partial charge in [-0.1, -0.05) is 23.2 Å². The van der Waals surface area contributed by atoms with Gasteiger partial charge in [-0.05, 0) is 48.6 Å². The molecule has 2 amide bonds. The maximum Gasteiger partial charge on any atom is 0.322 e. The summed E-state index contributed by atoms with van der Waals surface area (Å²) in [5, 5.41) is 9.17. The number of aldehydes is 1. The number of hydrogen-bond donors (Lipinski definition) is 2. The van der Waals surface area contributed by atoms with Gasteiger partial charge in [-0.25, -0.2) is 4.79 Å². The number of nitrogens with two attached hydrogens (primary N) is 1. The lowest BCUT2D eigenvalue weighted by Crippen LogP contribution is -2.41. The minimum absolute atomic E-state index is 0.223. The van der Waals surface area contributed by atoms with Crippen LogP contribution in [0, 0.1) is 0 Å². The summed E-state index contributed by atoms with van der Waals surface area (Å²) in [5.74, 6) is 5.65. The average Bonchev–Trinajstić information content (AvgIpc) is 3.12. The van der Waals surface area contributed by atoms with Gasteiger partial charge >= 0.3 is 6.03 Å². The SMILES string of the molecule is CC1=C(/C(=N\N)c2ccsc2C=O)CN(C(=O)Nc2cccc(Cl)c2)CC1. The van der Waals surface area contributed by atoms with Crippen molar-refractivity contribution in [3.63, 3.8) is 0 Å². The van der Waals surface area contributed by atoms with Crippen LogP contribution in [0.25, 0.3) is 0 Å². The molecule has 0 radical (unpaired) electrons. The molecule has 2 aromatic rings. The van der Waals surface area contributed by atoms with E-state index in [1.807, 2.05) is 18.4 Å². The maximum absolute atomic E-state index is 12.7. The molecule has 1 aromatic heterocycles. The van der Waals surface area contributed by atoms with Gasteiger partial charge in [0.2, 0.25) is 0 Å². The Labute approximate surface area is 166 Å². The van der Waals surface area contributed by atoms with E-state index in [0.717, 1.165) is 17.4 Å². The van der Waals surface area contributed by atoms with Crippen LogP contribution in [-0.4, -0.2) is 36.0 Å². The highest BCUT2D eigenvalue weighted by molar-refractivity contribution is 7.12. The molecule has 0 aliphatic carbocycles. The Kier molecular flexibility index (Phi) is 5.93. The summed E-state index contributed by atoms with van der Waals surface area (Å²) in [6.45, 7) is 2.95. The van der Waals surface area contributed by atoms with Crippen molar-refractivity contribution < 1.29 is 9.59 Å². The molecule has 0 atom stereocenters. The van der Waals surface area contributed by atoms with Crippen LogP contribution in [0.4, 0.5) is 10.5 Å². The number of anilines is 1. The quantitative estimate of drug-likeness (QED) is 0.349. The molecule has 1 aliphatic rings. The molecule has 0 bridgehead atoms. The van der Waals surface area contributed by atoms with Crippen LogP contribution in [0.2, 0.25) is 5.02 Å². The number of thiophene rings is 1. The van der Waals surface area contributed by atoms with Crippen LogP contribution >= 0.6 is 22.9 Å². The smallest absolute Gasteiger partial charge is 0.322 e. The lowest BCUT2D eigenvalue weighted by atomic mass is 9.94. The monoisotopic (exact) mass is 402 g/mol. The van der Waals surface area contributed by atoms with E-state index >= 15 is 0 Å². The molecule has 140 valence electrons. The number of rotatable bonds is 4. The van der Waals surface area contributed by atoms with Crippen molar-refractivity contribution in [1.82, 2.24) is 4.90 Å². The molecule has 0 fully saturated rings. The van der Waals surface area contributed by atoms with E-state index in [1.54, 1.807) is 29.2 Å². The zero-order valence-corrected chi connectivity index (χ0v) is 16.3. The predicted molar refractivity (Wildman–Crippen MR) is 110 cm³/mol. The van der Waals surface area contributed by atoms with E-state index in [9.17, 15) is 9.59 Å². The Balaban J connectivity index is 1.81. The third-order valence-corrected chi connectivity index (χ3v) is 5.53. The Morgan fingerprint density at radius 2 is 2.22 bits per heavy atom. The van der Waals surface area contributed by atoms with Gasteiger partial charge in [-0.2, -0.15) is 5.10 Å². The second-order valence-electron chi connectivity index (χ2n) is 6.17. The van der Waals surface area contributed by atoms with Gasteiger partial charge < -0.3 is 16.1 Å². The fourth-order valence-corrected chi connectivity index (χ4v) is 3.88. The Bertz CT molecular complexity index is 935. The molecule has 2 heterocycles. The van der Waals surface area contributed by atoms with Crippen molar-refractivity contribution in [3.8, 4) is 0 Å². The largest absolute Gasteiger partial charge is 0.323 e. The van der Waals surface area contributed by atoms with Crippen LogP contribution in [0.3, 0.4) is 0 Å². The van der Waals surface area contributed by atoms with Gasteiger partial charge in [-0.15, -0.1) is 11.3 Å². The molecule has 1 aromatic carbocycles. The standard InChI is InChI=1S/C19H19ClN4O2S/c1-12-5-7-24(19(26)22-14-4-2-3-13(20)9-14)10-16(12)18(23-21)15-6-8-27-17(15)11-25/h2-4,6,8-9,11H,5,7,10,21H2,1H3,(H,22,26)/b23-18-. The number of carbonyl (C=O) groups excluding carboxylic acids is 2. The lowest BCUT2D eigenvalue weighted by Gasteiger charge is -2.30. The fourth-order valence-electron chi connectivity index (χ4n) is 3.00. The van der Waals surface area contributed by atoms with E-state index in [0.29, 0.717) is 46.4 Å². The molecule has 0 unspecified atom stereocenters. The summed E-state index contributed by atoms with van der Waals surface area (Å²) in [6.07, 6.45) is 1.51. The predicted octanol–water partition coefficient (Wildman–Crippen LogP) is 4.13. The van der Waals surface area contributed by atoms with E-state index in [-0.39, 0.29) is 6.03 Å². The van der Waals surface area contributed by atoms with Crippen molar-refractivity contribution in [2.24, 2.45) is 10.9 Å². The third-order valence-electron chi connectivity index (χ3n) is 4.46. The van der Waals surface area contributed by atoms with Crippen LogP contribution in [-0.2, 0) is 0 Å². The zero-order chi connectivity index (χ0) is 19.4. The molecule has 3 rings (SSSR count). The molecule has 1 aliphatic heterocycles. The van der Waals surface area contributed by atoms with Crippen molar-refractivity contribution >= 4 is 46.7 Å². The van der Waals surface area contributed by atoms with Gasteiger partial charge in [0.1, 0.15) is 0 Å². The average molecular weight is 403 g/mol. The second-order valence-corrected chi connectivity index (χ2v) is 7.55. The number of halogens is 1. The Morgan fingerprint density at radius 1 is 1.41 bits per heavy atom. The van der Waals surface area contributed by atoms with Crippen LogP contribution in [0.15, 0.2) is 52.0 Å². The first-order valence-electron chi connectivity index (χ1n) is 8.35. The molecular weight excluding hydrogens is 384 g/mol. The second kappa shape index (κ2) is 8.37. The third kappa shape index (κ3) is 4.20. The van der Waals surface area contributed by atoms with E-state index < -0.39 is 0 Å². The number of nitrogens with one attached hydrogen (secondary N) is 1. The highest BCUT2D eigenvalue weighted by Gasteiger charge is 2.26. The maximum atomic E-state index is 12.7. The first kappa shape index (κ1) is 19.1. The van der Waals surface area contributed by atoms with E-state index in [2.05, 4.69) is 10.4 Å². The molecular formula is C19H19ClN4O2S.